The highest BCUT2D eigenvalue weighted by Crippen LogP contribution is 2.33. The maximum Gasteiger partial charge on any atom is 0.300 e. The van der Waals surface area contributed by atoms with Gasteiger partial charge in [-0.3, -0.25) is 9.59 Å². The molecule has 0 saturated carbocycles. The van der Waals surface area contributed by atoms with Gasteiger partial charge < -0.3 is 9.88 Å². The third kappa shape index (κ3) is 4.53. The van der Waals surface area contributed by atoms with Gasteiger partial charge in [0, 0.05) is 42.4 Å². The van der Waals surface area contributed by atoms with E-state index >= 15 is 0 Å². The maximum atomic E-state index is 14.4. The monoisotopic (exact) mass is 442 g/mol. The van der Waals surface area contributed by atoms with Gasteiger partial charge in [-0.1, -0.05) is 36.3 Å². The molecule has 6 heteroatoms. The average Bonchev–Trinajstić information content (AvgIpc) is 2.79. The van der Waals surface area contributed by atoms with Crippen LogP contribution in [0, 0.1) is 23.5 Å². The van der Waals surface area contributed by atoms with Crippen molar-refractivity contribution in [3.8, 4) is 23.0 Å². The summed E-state index contributed by atoms with van der Waals surface area (Å²) in [5.74, 6) is 3.26. The van der Waals surface area contributed by atoms with Gasteiger partial charge in [-0.05, 0) is 59.2 Å². The van der Waals surface area contributed by atoms with Crippen LogP contribution in [0.3, 0.4) is 0 Å². The third-order valence-corrected chi connectivity index (χ3v) is 5.38. The Labute approximate surface area is 189 Å². The second kappa shape index (κ2) is 9.09. The minimum Gasteiger partial charge on any atom is -0.317 e. The number of anilines is 1. The summed E-state index contributed by atoms with van der Waals surface area (Å²) < 4.78 is 29.3. The van der Waals surface area contributed by atoms with E-state index in [9.17, 15) is 18.4 Å². The first-order valence-corrected chi connectivity index (χ1v) is 10.3. The molecule has 0 aliphatic rings. The normalized spacial score (nSPS) is 10.5. The summed E-state index contributed by atoms with van der Waals surface area (Å²) in [6, 6.07) is 16.0. The van der Waals surface area contributed by atoms with Crippen LogP contribution in [0.1, 0.15) is 18.1 Å². The summed E-state index contributed by atoms with van der Waals surface area (Å²) in [6.45, 7) is 1.57. The van der Waals surface area contributed by atoms with Crippen molar-refractivity contribution >= 4 is 22.4 Å². The number of aromatic nitrogens is 1. The fraction of sp³-hybridized carbons (Fsp3) is 0.111. The molecular formula is C27H20F2N2O2. The van der Waals surface area contributed by atoms with Gasteiger partial charge in [-0.2, -0.15) is 0 Å². The zero-order valence-electron chi connectivity index (χ0n) is 18.1. The van der Waals surface area contributed by atoms with Gasteiger partial charge in [-0.15, -0.1) is 0 Å². The number of amides is 1. The van der Waals surface area contributed by atoms with E-state index in [-0.39, 0.29) is 12.0 Å². The number of carbonyl (C=O) groups excluding carboxylic acids is 1. The van der Waals surface area contributed by atoms with E-state index in [0.29, 0.717) is 22.2 Å². The Balaban J connectivity index is 1.93. The number of aryl methyl sites for hydroxylation is 1. The molecule has 4 rings (SSSR count). The molecule has 33 heavy (non-hydrogen) atoms. The largest absolute Gasteiger partial charge is 0.317 e. The predicted octanol–water partition coefficient (Wildman–Crippen LogP) is 5.04. The molecule has 0 saturated heterocycles. The van der Waals surface area contributed by atoms with E-state index < -0.39 is 17.5 Å². The molecule has 4 aromatic rings. The lowest BCUT2D eigenvalue weighted by Gasteiger charge is -2.16. The molecule has 1 aromatic heterocycles. The smallest absolute Gasteiger partial charge is 0.300 e. The van der Waals surface area contributed by atoms with E-state index in [2.05, 4.69) is 17.2 Å². The number of benzene rings is 3. The molecule has 1 N–H and O–H groups in total. The van der Waals surface area contributed by atoms with Crippen molar-refractivity contribution in [1.82, 2.24) is 4.57 Å². The molecule has 0 aliphatic carbocycles. The van der Waals surface area contributed by atoms with Crippen LogP contribution in [0.15, 0.2) is 71.7 Å². The SMILES string of the molecule is CC#CC(=O)Nc1ccc(Cc2ccc(F)cc2F)c(-c2cn(C)c(=O)c3ccccc23)c1. The number of rotatable bonds is 4. The van der Waals surface area contributed by atoms with Gasteiger partial charge in [0.2, 0.25) is 0 Å². The quantitative estimate of drug-likeness (QED) is 0.451. The number of halogens is 2. The third-order valence-electron chi connectivity index (χ3n) is 5.38. The minimum atomic E-state index is -0.643. The Bertz CT molecular complexity index is 1510. The molecule has 0 spiro atoms. The minimum absolute atomic E-state index is 0.136. The molecule has 1 heterocycles. The molecule has 4 nitrogen and oxygen atoms in total. The van der Waals surface area contributed by atoms with Crippen molar-refractivity contribution in [2.24, 2.45) is 7.05 Å². The fourth-order valence-corrected chi connectivity index (χ4v) is 3.84. The summed E-state index contributed by atoms with van der Waals surface area (Å²) in [4.78, 5) is 24.7. The van der Waals surface area contributed by atoms with Crippen LogP contribution in [-0.4, -0.2) is 10.5 Å². The van der Waals surface area contributed by atoms with Crippen LogP contribution in [0.5, 0.6) is 0 Å². The van der Waals surface area contributed by atoms with Gasteiger partial charge in [0.25, 0.3) is 11.5 Å². The zero-order valence-corrected chi connectivity index (χ0v) is 18.1. The number of carbonyl (C=O) groups is 1. The maximum absolute atomic E-state index is 14.4. The van der Waals surface area contributed by atoms with E-state index in [1.165, 1.54) is 16.7 Å². The zero-order chi connectivity index (χ0) is 23.5. The predicted molar refractivity (Wildman–Crippen MR) is 126 cm³/mol. The highest BCUT2D eigenvalue weighted by molar-refractivity contribution is 6.04. The van der Waals surface area contributed by atoms with E-state index in [1.807, 2.05) is 12.1 Å². The lowest BCUT2D eigenvalue weighted by atomic mass is 9.92. The second-order valence-electron chi connectivity index (χ2n) is 7.62. The molecule has 0 radical (unpaired) electrons. The Morgan fingerprint density at radius 3 is 2.42 bits per heavy atom. The fourth-order valence-electron chi connectivity index (χ4n) is 3.84. The number of hydrogen-bond acceptors (Lipinski definition) is 2. The highest BCUT2D eigenvalue weighted by atomic mass is 19.1. The first kappa shape index (κ1) is 22.0. The summed E-state index contributed by atoms with van der Waals surface area (Å²) in [6.07, 6.45) is 1.92. The Morgan fingerprint density at radius 2 is 1.70 bits per heavy atom. The van der Waals surface area contributed by atoms with Crippen LogP contribution in [0.2, 0.25) is 0 Å². The first-order valence-electron chi connectivity index (χ1n) is 10.3. The Kier molecular flexibility index (Phi) is 6.05. The van der Waals surface area contributed by atoms with Crippen molar-refractivity contribution in [2.45, 2.75) is 13.3 Å². The van der Waals surface area contributed by atoms with Gasteiger partial charge >= 0.3 is 0 Å². The summed E-state index contributed by atoms with van der Waals surface area (Å²) in [5, 5.41) is 4.01. The summed E-state index contributed by atoms with van der Waals surface area (Å²) in [7, 11) is 1.67. The van der Waals surface area contributed by atoms with Gasteiger partial charge in [0.1, 0.15) is 11.6 Å². The highest BCUT2D eigenvalue weighted by Gasteiger charge is 2.15. The standard InChI is InChI=1S/C27H20F2N2O2/c1-3-6-26(32)30-20-12-10-17(13-18-9-11-19(28)14-25(18)29)23(15-20)24-16-31(2)27(33)22-8-5-4-7-21(22)24/h4-5,7-12,14-16H,13H2,1-2H3,(H,30,32). The molecule has 0 aliphatic heterocycles. The van der Waals surface area contributed by atoms with Crippen LogP contribution >= 0.6 is 0 Å². The lowest BCUT2D eigenvalue weighted by molar-refractivity contribution is -0.111. The number of nitrogens with zero attached hydrogens (tertiary/aromatic N) is 1. The van der Waals surface area contributed by atoms with Gasteiger partial charge in [0.15, 0.2) is 0 Å². The Hall–Kier alpha value is -4.24. The molecule has 164 valence electrons. The number of pyridine rings is 1. The molecular weight excluding hydrogens is 422 g/mol. The van der Waals surface area contributed by atoms with Crippen LogP contribution < -0.4 is 10.9 Å². The molecule has 1 amide bonds. The molecule has 0 unspecified atom stereocenters. The summed E-state index contributed by atoms with van der Waals surface area (Å²) >= 11 is 0. The van der Waals surface area contributed by atoms with E-state index in [4.69, 9.17) is 0 Å². The van der Waals surface area contributed by atoms with Crippen molar-refractivity contribution in [3.05, 3.63) is 100.0 Å². The van der Waals surface area contributed by atoms with Crippen molar-refractivity contribution in [1.29, 1.82) is 0 Å². The number of nitrogens with one attached hydrogen (secondary N) is 1. The summed E-state index contributed by atoms with van der Waals surface area (Å²) in [5.41, 5.74) is 2.93. The second-order valence-corrected chi connectivity index (χ2v) is 7.62. The van der Waals surface area contributed by atoms with Crippen molar-refractivity contribution < 1.29 is 13.6 Å². The molecule has 0 atom stereocenters. The topological polar surface area (TPSA) is 51.1 Å². The lowest BCUT2D eigenvalue weighted by Crippen LogP contribution is -2.16. The van der Waals surface area contributed by atoms with Crippen LogP contribution in [0.4, 0.5) is 14.5 Å². The number of hydrogen-bond donors (Lipinski definition) is 1. The molecule has 3 aromatic carbocycles. The van der Waals surface area contributed by atoms with Crippen molar-refractivity contribution in [3.63, 3.8) is 0 Å². The van der Waals surface area contributed by atoms with E-state index in [0.717, 1.165) is 22.6 Å². The van der Waals surface area contributed by atoms with Crippen LogP contribution in [-0.2, 0) is 18.3 Å². The molecule has 0 bridgehead atoms. The first-order chi connectivity index (χ1) is 15.9. The van der Waals surface area contributed by atoms with Gasteiger partial charge in [0.05, 0.1) is 0 Å². The number of fused-ring (bicyclic) bond motifs is 1. The van der Waals surface area contributed by atoms with Crippen LogP contribution in [0.25, 0.3) is 21.9 Å². The molecule has 0 fully saturated rings. The van der Waals surface area contributed by atoms with Crippen molar-refractivity contribution in [2.75, 3.05) is 5.32 Å². The average molecular weight is 442 g/mol. The Morgan fingerprint density at radius 1 is 0.970 bits per heavy atom. The van der Waals surface area contributed by atoms with E-state index in [1.54, 1.807) is 50.5 Å². The van der Waals surface area contributed by atoms with Gasteiger partial charge in [-0.25, -0.2) is 8.78 Å².